The second-order valence-corrected chi connectivity index (χ2v) is 4.89. The van der Waals surface area contributed by atoms with Crippen LogP contribution in [0.15, 0.2) is 12.7 Å². The highest BCUT2D eigenvalue weighted by Crippen LogP contribution is 2.38. The number of hydrogen-bond donors (Lipinski definition) is 1. The smallest absolute Gasteiger partial charge is 0.164 e. The SMILES string of the molecule is C=CCNC[C@H]1OC(C)C2OC(C)(C)OC21. The lowest BCUT2D eigenvalue weighted by Gasteiger charge is -2.23. The van der Waals surface area contributed by atoms with E-state index < -0.39 is 5.79 Å². The molecule has 16 heavy (non-hydrogen) atoms. The molecule has 2 aliphatic rings. The second-order valence-electron chi connectivity index (χ2n) is 4.89. The summed E-state index contributed by atoms with van der Waals surface area (Å²) in [7, 11) is 0. The third kappa shape index (κ3) is 2.30. The van der Waals surface area contributed by atoms with Crippen molar-refractivity contribution in [1.29, 1.82) is 0 Å². The summed E-state index contributed by atoms with van der Waals surface area (Å²) in [5.74, 6) is -0.482. The van der Waals surface area contributed by atoms with Crippen LogP contribution < -0.4 is 5.32 Å². The Labute approximate surface area is 96.9 Å². The highest BCUT2D eigenvalue weighted by Gasteiger charge is 2.53. The fraction of sp³-hybridized carbons (Fsp3) is 0.833. The summed E-state index contributed by atoms with van der Waals surface area (Å²) in [4.78, 5) is 0. The van der Waals surface area contributed by atoms with E-state index in [1.807, 2.05) is 26.8 Å². The van der Waals surface area contributed by atoms with E-state index in [1.165, 1.54) is 0 Å². The van der Waals surface area contributed by atoms with Crippen LogP contribution in [0.5, 0.6) is 0 Å². The van der Waals surface area contributed by atoms with Gasteiger partial charge in [-0.1, -0.05) is 6.08 Å². The molecule has 2 heterocycles. The van der Waals surface area contributed by atoms with Gasteiger partial charge in [-0.15, -0.1) is 6.58 Å². The lowest BCUT2D eigenvalue weighted by Crippen LogP contribution is -2.37. The molecule has 0 spiro atoms. The van der Waals surface area contributed by atoms with E-state index in [0.717, 1.165) is 13.1 Å². The Kier molecular flexibility index (Phi) is 3.35. The van der Waals surface area contributed by atoms with Crippen LogP contribution in [0.2, 0.25) is 0 Å². The average molecular weight is 227 g/mol. The van der Waals surface area contributed by atoms with Crippen LogP contribution in [0.4, 0.5) is 0 Å². The van der Waals surface area contributed by atoms with E-state index in [0.29, 0.717) is 0 Å². The maximum absolute atomic E-state index is 5.87. The Bertz CT molecular complexity index is 267. The maximum Gasteiger partial charge on any atom is 0.164 e. The summed E-state index contributed by atoms with van der Waals surface area (Å²) in [5, 5.41) is 3.26. The summed E-state index contributed by atoms with van der Waals surface area (Å²) >= 11 is 0. The van der Waals surface area contributed by atoms with E-state index in [2.05, 4.69) is 11.9 Å². The molecule has 0 aromatic rings. The molecule has 92 valence electrons. The average Bonchev–Trinajstić information content (AvgIpc) is 2.64. The van der Waals surface area contributed by atoms with Crippen LogP contribution in [0.1, 0.15) is 20.8 Å². The molecule has 2 saturated heterocycles. The molecule has 0 aliphatic carbocycles. The Hall–Kier alpha value is -0.420. The zero-order chi connectivity index (χ0) is 11.8. The Morgan fingerprint density at radius 2 is 2.00 bits per heavy atom. The number of rotatable bonds is 4. The van der Waals surface area contributed by atoms with E-state index in [-0.39, 0.29) is 24.4 Å². The molecule has 2 rings (SSSR count). The zero-order valence-electron chi connectivity index (χ0n) is 10.2. The van der Waals surface area contributed by atoms with Crippen molar-refractivity contribution < 1.29 is 14.2 Å². The largest absolute Gasteiger partial charge is 0.368 e. The fourth-order valence-corrected chi connectivity index (χ4v) is 2.39. The van der Waals surface area contributed by atoms with Gasteiger partial charge in [-0.2, -0.15) is 0 Å². The first kappa shape index (κ1) is 12.0. The van der Waals surface area contributed by atoms with Gasteiger partial charge in [-0.3, -0.25) is 0 Å². The third-order valence-corrected chi connectivity index (χ3v) is 3.02. The summed E-state index contributed by atoms with van der Waals surface area (Å²) in [5.41, 5.74) is 0. The van der Waals surface area contributed by atoms with Gasteiger partial charge >= 0.3 is 0 Å². The first-order chi connectivity index (χ1) is 7.53. The zero-order valence-corrected chi connectivity index (χ0v) is 10.2. The van der Waals surface area contributed by atoms with Crippen LogP contribution in [-0.4, -0.2) is 43.3 Å². The minimum atomic E-state index is -0.482. The molecule has 4 nitrogen and oxygen atoms in total. The van der Waals surface area contributed by atoms with Gasteiger partial charge in [0.1, 0.15) is 12.2 Å². The monoisotopic (exact) mass is 227 g/mol. The molecular formula is C12H21NO3. The van der Waals surface area contributed by atoms with Crippen LogP contribution in [0.25, 0.3) is 0 Å². The molecule has 0 saturated carbocycles. The van der Waals surface area contributed by atoms with Crippen LogP contribution in [-0.2, 0) is 14.2 Å². The molecular weight excluding hydrogens is 206 g/mol. The first-order valence-electron chi connectivity index (χ1n) is 5.86. The lowest BCUT2D eigenvalue weighted by molar-refractivity contribution is -0.184. The van der Waals surface area contributed by atoms with Gasteiger partial charge in [0.05, 0.1) is 12.2 Å². The number of fused-ring (bicyclic) bond motifs is 1. The Balaban J connectivity index is 1.93. The van der Waals surface area contributed by atoms with Gasteiger partial charge in [0.2, 0.25) is 0 Å². The molecule has 2 aliphatic heterocycles. The molecule has 0 amide bonds. The van der Waals surface area contributed by atoms with Gasteiger partial charge in [0, 0.05) is 13.1 Å². The number of ether oxygens (including phenoxy) is 3. The molecule has 0 radical (unpaired) electrons. The molecule has 4 heteroatoms. The number of nitrogens with one attached hydrogen (secondary N) is 1. The minimum Gasteiger partial charge on any atom is -0.368 e. The third-order valence-electron chi connectivity index (χ3n) is 3.02. The van der Waals surface area contributed by atoms with Gasteiger partial charge in [-0.05, 0) is 20.8 Å². The predicted octanol–water partition coefficient (Wildman–Crippen LogP) is 1.07. The van der Waals surface area contributed by atoms with Crippen molar-refractivity contribution in [3.63, 3.8) is 0 Å². The minimum absolute atomic E-state index is 0.0438. The van der Waals surface area contributed by atoms with Gasteiger partial charge in [0.25, 0.3) is 0 Å². The van der Waals surface area contributed by atoms with Crippen molar-refractivity contribution in [3.8, 4) is 0 Å². The lowest BCUT2D eigenvalue weighted by atomic mass is 10.1. The molecule has 0 bridgehead atoms. The summed E-state index contributed by atoms with van der Waals surface area (Å²) in [6.07, 6.45) is 2.11. The molecule has 1 N–H and O–H groups in total. The molecule has 0 aromatic carbocycles. The highest BCUT2D eigenvalue weighted by atomic mass is 16.8. The Morgan fingerprint density at radius 1 is 1.31 bits per heavy atom. The summed E-state index contributed by atoms with van der Waals surface area (Å²) in [6.45, 7) is 11.2. The predicted molar refractivity (Wildman–Crippen MR) is 61.2 cm³/mol. The molecule has 4 atom stereocenters. The van der Waals surface area contributed by atoms with Crippen LogP contribution in [0, 0.1) is 0 Å². The Morgan fingerprint density at radius 3 is 2.69 bits per heavy atom. The standard InChI is InChI=1S/C12H21NO3/c1-5-6-13-7-9-11-10(8(2)14-9)15-12(3,4)16-11/h5,8-11,13H,1,6-7H2,2-4H3/t8?,9-,10?,11?/m1/s1. The van der Waals surface area contributed by atoms with E-state index >= 15 is 0 Å². The maximum atomic E-state index is 5.87. The van der Waals surface area contributed by atoms with Crippen molar-refractivity contribution in [3.05, 3.63) is 12.7 Å². The van der Waals surface area contributed by atoms with Crippen molar-refractivity contribution in [2.24, 2.45) is 0 Å². The molecule has 0 aromatic heterocycles. The highest BCUT2D eigenvalue weighted by molar-refractivity contribution is 4.97. The van der Waals surface area contributed by atoms with Crippen molar-refractivity contribution in [2.75, 3.05) is 13.1 Å². The van der Waals surface area contributed by atoms with Gasteiger partial charge in [-0.25, -0.2) is 0 Å². The van der Waals surface area contributed by atoms with Crippen molar-refractivity contribution in [1.82, 2.24) is 5.32 Å². The topological polar surface area (TPSA) is 39.7 Å². The van der Waals surface area contributed by atoms with Gasteiger partial charge < -0.3 is 19.5 Å². The summed E-state index contributed by atoms with van der Waals surface area (Å²) in [6, 6.07) is 0. The first-order valence-corrected chi connectivity index (χ1v) is 5.86. The number of hydrogen-bond acceptors (Lipinski definition) is 4. The van der Waals surface area contributed by atoms with Crippen molar-refractivity contribution >= 4 is 0 Å². The molecule has 3 unspecified atom stereocenters. The van der Waals surface area contributed by atoms with E-state index in [1.54, 1.807) is 0 Å². The van der Waals surface area contributed by atoms with Crippen LogP contribution in [0.3, 0.4) is 0 Å². The summed E-state index contributed by atoms with van der Waals surface area (Å²) < 4.78 is 17.5. The van der Waals surface area contributed by atoms with E-state index in [4.69, 9.17) is 14.2 Å². The molecule has 2 fully saturated rings. The van der Waals surface area contributed by atoms with E-state index in [9.17, 15) is 0 Å². The quantitative estimate of drug-likeness (QED) is 0.576. The van der Waals surface area contributed by atoms with Crippen LogP contribution >= 0.6 is 0 Å². The normalized spacial score (nSPS) is 40.9. The van der Waals surface area contributed by atoms with Crippen molar-refractivity contribution in [2.45, 2.75) is 51.0 Å². The second kappa shape index (κ2) is 4.45. The van der Waals surface area contributed by atoms with Gasteiger partial charge in [0.15, 0.2) is 5.79 Å². The fourth-order valence-electron chi connectivity index (χ4n) is 2.39.